The fraction of sp³-hybridized carbons (Fsp3) is 0.500. The van der Waals surface area contributed by atoms with Crippen LogP contribution >= 0.6 is 0 Å². The molecule has 7 nitrogen and oxygen atoms in total. The zero-order valence-corrected chi connectivity index (χ0v) is 9.27. The molecule has 1 fully saturated rings. The van der Waals surface area contributed by atoms with E-state index in [2.05, 4.69) is 15.0 Å². The summed E-state index contributed by atoms with van der Waals surface area (Å²) in [6.45, 7) is -0.865. The van der Waals surface area contributed by atoms with Crippen molar-refractivity contribution in [3.63, 3.8) is 0 Å². The van der Waals surface area contributed by atoms with E-state index in [4.69, 9.17) is 4.74 Å². The van der Waals surface area contributed by atoms with Crippen LogP contribution in [-0.2, 0) is 10.5 Å². The number of aliphatic hydroxyl groups is 2. The van der Waals surface area contributed by atoms with Gasteiger partial charge in [-0.15, -0.1) is 0 Å². The number of aromatic nitrogens is 4. The van der Waals surface area contributed by atoms with Gasteiger partial charge < -0.3 is 14.9 Å². The lowest BCUT2D eigenvalue weighted by molar-refractivity contribution is -0.148. The molecule has 1 aliphatic heterocycles. The van der Waals surface area contributed by atoms with Crippen LogP contribution in [0.1, 0.15) is 0 Å². The first-order valence-corrected chi connectivity index (χ1v) is 5.39. The second kappa shape index (κ2) is 3.94. The maximum Gasteiger partial charge on any atom is 0.199 e. The summed E-state index contributed by atoms with van der Waals surface area (Å²) < 4.78 is 20.0. The number of halogens is 1. The van der Waals surface area contributed by atoms with Crippen molar-refractivity contribution in [3.8, 4) is 0 Å². The number of imidazole rings is 1. The third-order valence-electron chi connectivity index (χ3n) is 3.14. The number of ether oxygens (including phenoxy) is 1. The van der Waals surface area contributed by atoms with Crippen molar-refractivity contribution in [2.75, 3.05) is 13.2 Å². The van der Waals surface area contributed by atoms with Gasteiger partial charge >= 0.3 is 0 Å². The van der Waals surface area contributed by atoms with Gasteiger partial charge in [-0.1, -0.05) is 0 Å². The molecule has 18 heavy (non-hydrogen) atoms. The largest absolute Gasteiger partial charge is 0.391 e. The molecule has 0 aliphatic carbocycles. The number of nitrogens with zero attached hydrogens (tertiary/aromatic N) is 4. The molecule has 0 radical (unpaired) electrons. The van der Waals surface area contributed by atoms with Gasteiger partial charge in [0.15, 0.2) is 17.5 Å². The molecule has 2 aromatic heterocycles. The maximum atomic E-state index is 13.4. The van der Waals surface area contributed by atoms with Crippen LogP contribution in [0.25, 0.3) is 11.2 Å². The highest BCUT2D eigenvalue weighted by molar-refractivity contribution is 5.69. The zero-order chi connectivity index (χ0) is 12.8. The fourth-order valence-electron chi connectivity index (χ4n) is 2.15. The van der Waals surface area contributed by atoms with Crippen LogP contribution in [0.4, 0.5) is 4.39 Å². The van der Waals surface area contributed by atoms with Crippen LogP contribution in [0.2, 0.25) is 0 Å². The topological polar surface area (TPSA) is 93.3 Å². The Kier molecular flexibility index (Phi) is 2.51. The molecule has 1 saturated heterocycles. The van der Waals surface area contributed by atoms with Gasteiger partial charge in [-0.25, -0.2) is 19.3 Å². The smallest absolute Gasteiger partial charge is 0.199 e. The minimum absolute atomic E-state index is 0.285. The third kappa shape index (κ3) is 1.36. The fourth-order valence-corrected chi connectivity index (χ4v) is 2.15. The molecule has 8 heteroatoms. The van der Waals surface area contributed by atoms with Crippen molar-refractivity contribution in [2.24, 2.45) is 0 Å². The van der Waals surface area contributed by atoms with E-state index in [1.807, 2.05) is 0 Å². The van der Waals surface area contributed by atoms with Crippen molar-refractivity contribution in [1.29, 1.82) is 0 Å². The number of rotatable bonds is 2. The van der Waals surface area contributed by atoms with Crippen LogP contribution in [0.15, 0.2) is 18.9 Å². The molecule has 2 aromatic rings. The SMILES string of the molecule is OCC1(n2cnc3cncnc32)OCC(F)C1O. The van der Waals surface area contributed by atoms with Crippen molar-refractivity contribution >= 4 is 11.2 Å². The summed E-state index contributed by atoms with van der Waals surface area (Å²) in [4.78, 5) is 11.8. The number of hydrogen-bond donors (Lipinski definition) is 2. The van der Waals surface area contributed by atoms with Gasteiger partial charge in [0.1, 0.15) is 17.9 Å². The Morgan fingerprint density at radius 1 is 1.56 bits per heavy atom. The molecule has 2 N–H and O–H groups in total. The standard InChI is InChI=1S/C10H11FN4O3/c11-6-2-18-10(3-16,8(6)17)15-5-14-7-1-12-4-13-9(7)15/h1,4-6,8,16-17H,2-3H2. The van der Waals surface area contributed by atoms with Crippen molar-refractivity contribution < 1.29 is 19.3 Å². The van der Waals surface area contributed by atoms with Crippen molar-refractivity contribution in [1.82, 2.24) is 19.5 Å². The molecular weight excluding hydrogens is 243 g/mol. The second-order valence-corrected chi connectivity index (χ2v) is 4.12. The van der Waals surface area contributed by atoms with Crippen LogP contribution in [-0.4, -0.2) is 55.2 Å². The number of alkyl halides is 1. The highest BCUT2D eigenvalue weighted by Crippen LogP contribution is 2.34. The van der Waals surface area contributed by atoms with Crippen LogP contribution in [0.5, 0.6) is 0 Å². The molecule has 3 heterocycles. The maximum absolute atomic E-state index is 13.4. The first-order chi connectivity index (χ1) is 8.69. The Morgan fingerprint density at radius 2 is 2.39 bits per heavy atom. The summed E-state index contributed by atoms with van der Waals surface area (Å²) in [5.74, 6) is 0. The lowest BCUT2D eigenvalue weighted by atomic mass is 10.1. The summed E-state index contributed by atoms with van der Waals surface area (Å²) in [6, 6.07) is 0. The lowest BCUT2D eigenvalue weighted by Gasteiger charge is -2.30. The van der Waals surface area contributed by atoms with Crippen LogP contribution in [0.3, 0.4) is 0 Å². The Bertz CT molecular complexity index is 577. The quantitative estimate of drug-likeness (QED) is 0.729. The van der Waals surface area contributed by atoms with Crippen molar-refractivity contribution in [3.05, 3.63) is 18.9 Å². The van der Waals surface area contributed by atoms with E-state index < -0.39 is 24.6 Å². The highest BCUT2D eigenvalue weighted by Gasteiger charge is 2.52. The minimum Gasteiger partial charge on any atom is -0.391 e. The molecule has 0 saturated carbocycles. The average Bonchev–Trinajstić information content (AvgIpc) is 2.95. The first-order valence-electron chi connectivity index (χ1n) is 5.39. The molecular formula is C10H11FN4O3. The summed E-state index contributed by atoms with van der Waals surface area (Å²) in [5, 5.41) is 19.4. The van der Waals surface area contributed by atoms with Gasteiger partial charge in [-0.3, -0.25) is 4.57 Å². The second-order valence-electron chi connectivity index (χ2n) is 4.12. The molecule has 0 spiro atoms. The van der Waals surface area contributed by atoms with Gasteiger partial charge in [-0.05, 0) is 0 Å². The molecule has 3 unspecified atom stereocenters. The Hall–Kier alpha value is -1.64. The molecule has 0 amide bonds. The summed E-state index contributed by atoms with van der Waals surface area (Å²) in [7, 11) is 0. The Morgan fingerprint density at radius 3 is 3.06 bits per heavy atom. The van der Waals surface area contributed by atoms with Gasteiger partial charge in [0, 0.05) is 0 Å². The van der Waals surface area contributed by atoms with Crippen molar-refractivity contribution in [2.45, 2.75) is 18.0 Å². The molecule has 0 bridgehead atoms. The monoisotopic (exact) mass is 254 g/mol. The minimum atomic E-state index is -1.58. The third-order valence-corrected chi connectivity index (χ3v) is 3.14. The predicted molar refractivity (Wildman–Crippen MR) is 57.2 cm³/mol. The highest BCUT2D eigenvalue weighted by atomic mass is 19.1. The summed E-state index contributed by atoms with van der Waals surface area (Å²) in [5.41, 5.74) is -0.738. The predicted octanol–water partition coefficient (Wildman–Crippen LogP) is -0.799. The number of aliphatic hydroxyl groups excluding tert-OH is 2. The average molecular weight is 254 g/mol. The van der Waals surface area contributed by atoms with Crippen LogP contribution < -0.4 is 0 Å². The van der Waals surface area contributed by atoms with E-state index in [0.717, 1.165) is 0 Å². The van der Waals surface area contributed by atoms with Gasteiger partial charge in [0.25, 0.3) is 0 Å². The lowest BCUT2D eigenvalue weighted by Crippen LogP contribution is -2.47. The van der Waals surface area contributed by atoms with Crippen LogP contribution in [0, 0.1) is 0 Å². The molecule has 1 aliphatic rings. The van der Waals surface area contributed by atoms with E-state index in [-0.39, 0.29) is 6.61 Å². The molecule has 0 aromatic carbocycles. The number of hydrogen-bond acceptors (Lipinski definition) is 6. The van der Waals surface area contributed by atoms with Gasteiger partial charge in [0.2, 0.25) is 0 Å². The summed E-state index contributed by atoms with van der Waals surface area (Å²) >= 11 is 0. The Balaban J connectivity index is 2.18. The van der Waals surface area contributed by atoms with E-state index in [9.17, 15) is 14.6 Å². The Labute approximate surface area is 101 Å². The molecule has 96 valence electrons. The van der Waals surface area contributed by atoms with Gasteiger partial charge in [0.05, 0.1) is 25.7 Å². The summed E-state index contributed by atoms with van der Waals surface area (Å²) in [6.07, 6.45) is 1.10. The van der Waals surface area contributed by atoms with Gasteiger partial charge in [-0.2, -0.15) is 0 Å². The molecule has 3 atom stereocenters. The number of fused-ring (bicyclic) bond motifs is 1. The zero-order valence-electron chi connectivity index (χ0n) is 9.27. The van der Waals surface area contributed by atoms with E-state index in [0.29, 0.717) is 11.2 Å². The van der Waals surface area contributed by atoms with E-state index >= 15 is 0 Å². The van der Waals surface area contributed by atoms with E-state index in [1.165, 1.54) is 23.4 Å². The molecule has 3 rings (SSSR count). The normalized spacial score (nSPS) is 32.2. The van der Waals surface area contributed by atoms with E-state index in [1.54, 1.807) is 0 Å². The first kappa shape index (κ1) is 11.5.